The van der Waals surface area contributed by atoms with Crippen LogP contribution in [0.4, 0.5) is 0 Å². The smallest absolute Gasteiger partial charge is 0.286 e. The molecule has 6 heteroatoms. The average Bonchev–Trinajstić information content (AvgIpc) is 3.05. The molecule has 0 aliphatic carbocycles. The monoisotopic (exact) mass is 303 g/mol. The van der Waals surface area contributed by atoms with Crippen molar-refractivity contribution in [2.24, 2.45) is 0 Å². The summed E-state index contributed by atoms with van der Waals surface area (Å²) in [4.78, 5) is 26.3. The van der Waals surface area contributed by atoms with Crippen LogP contribution in [0.2, 0.25) is 0 Å². The third kappa shape index (κ3) is 4.68. The second-order valence-corrected chi connectivity index (χ2v) is 5.80. The topological polar surface area (TPSA) is 74.0 Å². The summed E-state index contributed by atoms with van der Waals surface area (Å²) < 4.78 is 0. The van der Waals surface area contributed by atoms with Crippen LogP contribution in [0.1, 0.15) is 23.0 Å². The van der Waals surface area contributed by atoms with E-state index >= 15 is 0 Å². The SMILES string of the molecule is CC(SCc1ccccc1)C(=O)NNC(=O)c1ccc[nH]1. The lowest BCUT2D eigenvalue weighted by atomic mass is 10.2. The van der Waals surface area contributed by atoms with E-state index in [-0.39, 0.29) is 17.1 Å². The van der Waals surface area contributed by atoms with E-state index in [4.69, 9.17) is 0 Å². The van der Waals surface area contributed by atoms with E-state index in [1.807, 2.05) is 37.3 Å². The Balaban J connectivity index is 1.74. The third-order valence-corrected chi connectivity index (χ3v) is 4.07. The number of nitrogens with one attached hydrogen (secondary N) is 3. The highest BCUT2D eigenvalue weighted by molar-refractivity contribution is 7.99. The molecule has 0 saturated heterocycles. The summed E-state index contributed by atoms with van der Waals surface area (Å²) in [5.41, 5.74) is 6.38. The maximum Gasteiger partial charge on any atom is 0.286 e. The Kier molecular flexibility index (Phi) is 5.45. The molecule has 1 unspecified atom stereocenters. The molecule has 2 aromatic rings. The first kappa shape index (κ1) is 15.2. The number of aromatic amines is 1. The molecule has 21 heavy (non-hydrogen) atoms. The van der Waals surface area contributed by atoms with Gasteiger partial charge in [-0.1, -0.05) is 30.3 Å². The molecule has 3 N–H and O–H groups in total. The molecular weight excluding hydrogens is 286 g/mol. The Hall–Kier alpha value is -2.21. The first-order valence-electron chi connectivity index (χ1n) is 6.56. The van der Waals surface area contributed by atoms with Gasteiger partial charge in [-0.2, -0.15) is 0 Å². The maximum absolute atomic E-state index is 11.9. The molecule has 1 heterocycles. The fraction of sp³-hybridized carbons (Fsp3) is 0.200. The van der Waals surface area contributed by atoms with E-state index in [1.165, 1.54) is 11.8 Å². The molecule has 2 amide bonds. The normalized spacial score (nSPS) is 11.7. The van der Waals surface area contributed by atoms with Gasteiger partial charge >= 0.3 is 0 Å². The minimum atomic E-state index is -0.367. The van der Waals surface area contributed by atoms with Crippen molar-refractivity contribution in [3.8, 4) is 0 Å². The van der Waals surface area contributed by atoms with Crippen molar-refractivity contribution in [2.45, 2.75) is 17.9 Å². The van der Waals surface area contributed by atoms with Crippen molar-refractivity contribution in [3.05, 3.63) is 59.9 Å². The number of hydrogen-bond acceptors (Lipinski definition) is 3. The van der Waals surface area contributed by atoms with Crippen LogP contribution >= 0.6 is 11.8 Å². The number of benzene rings is 1. The Labute approximate surface area is 127 Å². The van der Waals surface area contributed by atoms with Gasteiger partial charge in [0.1, 0.15) is 5.69 Å². The molecule has 0 aliphatic rings. The van der Waals surface area contributed by atoms with E-state index in [0.29, 0.717) is 5.69 Å². The highest BCUT2D eigenvalue weighted by Gasteiger charge is 2.14. The zero-order valence-electron chi connectivity index (χ0n) is 11.6. The number of rotatable bonds is 5. The summed E-state index contributed by atoms with van der Waals surface area (Å²) in [5.74, 6) is 0.157. The Bertz CT molecular complexity index is 584. The van der Waals surface area contributed by atoms with Gasteiger partial charge in [0.15, 0.2) is 0 Å². The molecule has 5 nitrogen and oxygen atoms in total. The average molecular weight is 303 g/mol. The van der Waals surface area contributed by atoms with Crippen LogP contribution in [0.3, 0.4) is 0 Å². The lowest BCUT2D eigenvalue weighted by molar-refractivity contribution is -0.121. The molecule has 0 bridgehead atoms. The van der Waals surface area contributed by atoms with Crippen molar-refractivity contribution in [2.75, 3.05) is 0 Å². The number of H-pyrrole nitrogens is 1. The molecule has 0 spiro atoms. The largest absolute Gasteiger partial charge is 0.357 e. The molecular formula is C15H17N3O2S. The number of thioether (sulfide) groups is 1. The van der Waals surface area contributed by atoms with Crippen molar-refractivity contribution >= 4 is 23.6 Å². The van der Waals surface area contributed by atoms with Crippen LogP contribution < -0.4 is 10.9 Å². The molecule has 110 valence electrons. The molecule has 1 atom stereocenters. The van der Waals surface area contributed by atoms with Gasteiger partial charge < -0.3 is 4.98 Å². The van der Waals surface area contributed by atoms with Gasteiger partial charge in [0, 0.05) is 11.9 Å². The first-order chi connectivity index (χ1) is 10.2. The highest BCUT2D eigenvalue weighted by Crippen LogP contribution is 2.17. The van der Waals surface area contributed by atoms with Gasteiger partial charge in [-0.3, -0.25) is 20.4 Å². The zero-order chi connectivity index (χ0) is 15.1. The number of carbonyl (C=O) groups excluding carboxylic acids is 2. The number of hydrogen-bond donors (Lipinski definition) is 3. The maximum atomic E-state index is 11.9. The van der Waals surface area contributed by atoms with Crippen molar-refractivity contribution < 1.29 is 9.59 Å². The van der Waals surface area contributed by atoms with Crippen LogP contribution in [0.15, 0.2) is 48.7 Å². The number of amides is 2. The van der Waals surface area contributed by atoms with Gasteiger partial charge in [-0.15, -0.1) is 11.8 Å². The molecule has 1 aromatic heterocycles. The van der Waals surface area contributed by atoms with E-state index in [9.17, 15) is 9.59 Å². The summed E-state index contributed by atoms with van der Waals surface area (Å²) in [7, 11) is 0. The highest BCUT2D eigenvalue weighted by atomic mass is 32.2. The third-order valence-electron chi connectivity index (χ3n) is 2.85. The minimum absolute atomic E-state index is 0.226. The molecule has 0 fully saturated rings. The molecule has 2 rings (SSSR count). The minimum Gasteiger partial charge on any atom is -0.357 e. The zero-order valence-corrected chi connectivity index (χ0v) is 12.4. The Morgan fingerprint density at radius 3 is 2.57 bits per heavy atom. The van der Waals surface area contributed by atoms with E-state index in [2.05, 4.69) is 15.8 Å². The van der Waals surface area contributed by atoms with Crippen molar-refractivity contribution in [1.82, 2.24) is 15.8 Å². The lowest BCUT2D eigenvalue weighted by Gasteiger charge is -2.12. The summed E-state index contributed by atoms with van der Waals surface area (Å²) in [6, 6.07) is 13.3. The van der Waals surface area contributed by atoms with Gasteiger partial charge in [0.2, 0.25) is 0 Å². The lowest BCUT2D eigenvalue weighted by Crippen LogP contribution is -2.45. The van der Waals surface area contributed by atoms with E-state index < -0.39 is 0 Å². The summed E-state index contributed by atoms with van der Waals surface area (Å²) >= 11 is 1.52. The van der Waals surface area contributed by atoms with E-state index in [0.717, 1.165) is 11.3 Å². The molecule has 0 aliphatic heterocycles. The van der Waals surface area contributed by atoms with Crippen molar-refractivity contribution in [1.29, 1.82) is 0 Å². The predicted octanol–water partition coefficient (Wildman–Crippen LogP) is 2.10. The Morgan fingerprint density at radius 1 is 1.14 bits per heavy atom. The van der Waals surface area contributed by atoms with Crippen LogP contribution in [-0.4, -0.2) is 22.0 Å². The van der Waals surface area contributed by atoms with Crippen LogP contribution in [0.5, 0.6) is 0 Å². The van der Waals surface area contributed by atoms with Gasteiger partial charge in [-0.25, -0.2) is 0 Å². The fourth-order valence-corrected chi connectivity index (χ4v) is 2.48. The fourth-order valence-electron chi connectivity index (χ4n) is 1.63. The molecule has 1 aromatic carbocycles. The summed E-state index contributed by atoms with van der Waals surface area (Å²) in [6.07, 6.45) is 1.65. The number of aromatic nitrogens is 1. The second kappa shape index (κ2) is 7.54. The second-order valence-electron chi connectivity index (χ2n) is 4.47. The van der Waals surface area contributed by atoms with Gasteiger partial charge in [0.05, 0.1) is 5.25 Å². The summed E-state index contributed by atoms with van der Waals surface area (Å²) in [5, 5.41) is -0.255. The van der Waals surface area contributed by atoms with E-state index in [1.54, 1.807) is 18.3 Å². The van der Waals surface area contributed by atoms with Crippen molar-refractivity contribution in [3.63, 3.8) is 0 Å². The summed E-state index contributed by atoms with van der Waals surface area (Å²) in [6.45, 7) is 1.81. The predicted molar refractivity (Wildman–Crippen MR) is 83.6 cm³/mol. The van der Waals surface area contributed by atoms with Crippen LogP contribution in [0.25, 0.3) is 0 Å². The van der Waals surface area contributed by atoms with Crippen LogP contribution in [0, 0.1) is 0 Å². The first-order valence-corrected chi connectivity index (χ1v) is 7.61. The number of hydrazine groups is 1. The Morgan fingerprint density at radius 2 is 1.90 bits per heavy atom. The van der Waals surface area contributed by atoms with Gasteiger partial charge in [-0.05, 0) is 24.6 Å². The molecule has 0 radical (unpaired) electrons. The van der Waals surface area contributed by atoms with Crippen LogP contribution in [-0.2, 0) is 10.5 Å². The standard InChI is InChI=1S/C15H17N3O2S/c1-11(21-10-12-6-3-2-4-7-12)14(19)17-18-15(20)13-8-5-9-16-13/h2-9,11,16H,10H2,1H3,(H,17,19)(H,18,20). The molecule has 0 saturated carbocycles. The van der Waals surface area contributed by atoms with Gasteiger partial charge in [0.25, 0.3) is 11.8 Å². The number of carbonyl (C=O) groups is 2. The quantitative estimate of drug-likeness (QED) is 0.741.